The maximum Gasteiger partial charge on any atom is 0.257 e. The first kappa shape index (κ1) is 19.0. The lowest BCUT2D eigenvalue weighted by molar-refractivity contribution is 0.0978. The molecule has 1 fully saturated rings. The van der Waals surface area contributed by atoms with Gasteiger partial charge < -0.3 is 10.2 Å². The van der Waals surface area contributed by atoms with Crippen LogP contribution in [0.3, 0.4) is 0 Å². The summed E-state index contributed by atoms with van der Waals surface area (Å²) in [5.41, 5.74) is 2.21. The number of nitrogens with one attached hydrogen (secondary N) is 2. The van der Waals surface area contributed by atoms with Gasteiger partial charge in [0.05, 0.1) is 16.4 Å². The second-order valence-corrected chi connectivity index (χ2v) is 7.35. The first-order valence-corrected chi connectivity index (χ1v) is 9.62. The van der Waals surface area contributed by atoms with E-state index in [1.165, 1.54) is 6.42 Å². The van der Waals surface area contributed by atoms with E-state index < -0.39 is 0 Å². The summed E-state index contributed by atoms with van der Waals surface area (Å²) in [4.78, 5) is 14.6. The molecule has 26 heavy (non-hydrogen) atoms. The first-order chi connectivity index (χ1) is 12.5. The quantitative estimate of drug-likeness (QED) is 0.693. The molecule has 1 aliphatic heterocycles. The van der Waals surface area contributed by atoms with Crippen molar-refractivity contribution < 1.29 is 4.79 Å². The summed E-state index contributed by atoms with van der Waals surface area (Å²) in [6, 6.07) is 12.3. The van der Waals surface area contributed by atoms with Crippen LogP contribution in [0.15, 0.2) is 42.5 Å². The maximum absolute atomic E-state index is 12.3. The van der Waals surface area contributed by atoms with E-state index in [-0.39, 0.29) is 11.0 Å². The molecule has 1 aliphatic rings. The number of thiocarbonyl (C=S) groups is 1. The Balaban J connectivity index is 1.72. The molecule has 0 spiro atoms. The van der Waals surface area contributed by atoms with Crippen LogP contribution in [0.1, 0.15) is 29.6 Å². The van der Waals surface area contributed by atoms with Gasteiger partial charge in [-0.15, -0.1) is 0 Å². The molecule has 7 heteroatoms. The van der Waals surface area contributed by atoms with Gasteiger partial charge in [-0.3, -0.25) is 10.1 Å². The van der Waals surface area contributed by atoms with E-state index in [1.807, 2.05) is 18.2 Å². The van der Waals surface area contributed by atoms with Crippen molar-refractivity contribution in [2.45, 2.75) is 19.3 Å². The number of halogens is 2. The van der Waals surface area contributed by atoms with Gasteiger partial charge >= 0.3 is 0 Å². The van der Waals surface area contributed by atoms with Gasteiger partial charge in [0.1, 0.15) is 0 Å². The standard InChI is InChI=1S/C19H19Cl2N3OS/c20-14-9-7-13(8-10-14)18(25)23-19(26)22-16-6-4-5-15(21)17(16)24-11-2-1-3-12-24/h4-10H,1-3,11-12H2,(H2,22,23,25,26). The molecule has 2 N–H and O–H groups in total. The minimum Gasteiger partial charge on any atom is -0.369 e. The van der Waals surface area contributed by atoms with Crippen LogP contribution in [-0.4, -0.2) is 24.1 Å². The number of nitrogens with zero attached hydrogens (tertiary/aromatic N) is 1. The van der Waals surface area contributed by atoms with E-state index in [2.05, 4.69) is 15.5 Å². The van der Waals surface area contributed by atoms with Gasteiger partial charge in [-0.25, -0.2) is 0 Å². The zero-order valence-corrected chi connectivity index (χ0v) is 16.4. The lowest BCUT2D eigenvalue weighted by Crippen LogP contribution is -2.35. The number of anilines is 2. The van der Waals surface area contributed by atoms with E-state index in [0.717, 1.165) is 37.3 Å². The molecule has 1 heterocycles. The van der Waals surface area contributed by atoms with Crippen LogP contribution in [0.2, 0.25) is 10.0 Å². The zero-order chi connectivity index (χ0) is 18.5. The average Bonchev–Trinajstić information content (AvgIpc) is 2.63. The van der Waals surface area contributed by atoms with Crippen molar-refractivity contribution in [3.8, 4) is 0 Å². The van der Waals surface area contributed by atoms with Gasteiger partial charge in [-0.1, -0.05) is 29.3 Å². The number of para-hydroxylation sites is 1. The van der Waals surface area contributed by atoms with E-state index in [0.29, 0.717) is 15.6 Å². The van der Waals surface area contributed by atoms with Crippen LogP contribution in [0, 0.1) is 0 Å². The van der Waals surface area contributed by atoms with Crippen LogP contribution in [0.5, 0.6) is 0 Å². The van der Waals surface area contributed by atoms with Crippen molar-refractivity contribution in [2.75, 3.05) is 23.3 Å². The van der Waals surface area contributed by atoms with E-state index in [4.69, 9.17) is 35.4 Å². The number of benzene rings is 2. The molecule has 0 aliphatic carbocycles. The Hall–Kier alpha value is -1.82. The average molecular weight is 408 g/mol. The van der Waals surface area contributed by atoms with Crippen molar-refractivity contribution >= 4 is 57.8 Å². The molecule has 3 rings (SSSR count). The molecule has 0 radical (unpaired) electrons. The molecule has 0 saturated carbocycles. The van der Waals surface area contributed by atoms with Crippen LogP contribution in [-0.2, 0) is 0 Å². The number of rotatable bonds is 3. The summed E-state index contributed by atoms with van der Waals surface area (Å²) >= 11 is 17.6. The molecular formula is C19H19Cl2N3OS. The Bertz CT molecular complexity index is 805. The molecule has 0 unspecified atom stereocenters. The summed E-state index contributed by atoms with van der Waals surface area (Å²) in [6.45, 7) is 1.92. The smallest absolute Gasteiger partial charge is 0.257 e. The second-order valence-electron chi connectivity index (χ2n) is 6.10. The lowest BCUT2D eigenvalue weighted by Gasteiger charge is -2.31. The zero-order valence-electron chi connectivity index (χ0n) is 14.1. The summed E-state index contributed by atoms with van der Waals surface area (Å²) < 4.78 is 0. The van der Waals surface area contributed by atoms with Crippen LogP contribution in [0.4, 0.5) is 11.4 Å². The molecule has 1 saturated heterocycles. The van der Waals surface area contributed by atoms with Gasteiger partial charge in [0.15, 0.2) is 5.11 Å². The molecule has 1 amide bonds. The minimum atomic E-state index is -0.291. The van der Waals surface area contributed by atoms with Crippen molar-refractivity contribution in [2.24, 2.45) is 0 Å². The van der Waals surface area contributed by atoms with Crippen molar-refractivity contribution in [3.63, 3.8) is 0 Å². The fourth-order valence-electron chi connectivity index (χ4n) is 2.99. The van der Waals surface area contributed by atoms with Gasteiger partial charge in [-0.05, 0) is 67.9 Å². The Morgan fingerprint density at radius 2 is 1.69 bits per heavy atom. The molecule has 0 atom stereocenters. The number of carbonyl (C=O) groups is 1. The molecule has 2 aromatic carbocycles. The van der Waals surface area contributed by atoms with E-state index in [1.54, 1.807) is 24.3 Å². The summed E-state index contributed by atoms with van der Waals surface area (Å²) in [5, 5.41) is 7.27. The third-order valence-corrected chi connectivity index (χ3v) is 5.00. The first-order valence-electron chi connectivity index (χ1n) is 8.46. The maximum atomic E-state index is 12.3. The Morgan fingerprint density at radius 1 is 1.00 bits per heavy atom. The Labute approximate surface area is 168 Å². The van der Waals surface area contributed by atoms with Crippen LogP contribution >= 0.6 is 35.4 Å². The van der Waals surface area contributed by atoms with E-state index >= 15 is 0 Å². The largest absolute Gasteiger partial charge is 0.369 e. The van der Waals surface area contributed by atoms with E-state index in [9.17, 15) is 4.79 Å². The third-order valence-electron chi connectivity index (χ3n) is 4.24. The molecular weight excluding hydrogens is 389 g/mol. The summed E-state index contributed by atoms with van der Waals surface area (Å²) in [5.74, 6) is -0.291. The highest BCUT2D eigenvalue weighted by atomic mass is 35.5. The van der Waals surface area contributed by atoms with Crippen molar-refractivity contribution in [1.29, 1.82) is 0 Å². The molecule has 0 aromatic heterocycles. The molecule has 4 nitrogen and oxygen atoms in total. The third kappa shape index (κ3) is 4.67. The Morgan fingerprint density at radius 3 is 2.38 bits per heavy atom. The fraction of sp³-hybridized carbons (Fsp3) is 0.263. The fourth-order valence-corrected chi connectivity index (χ4v) is 3.61. The normalized spacial score (nSPS) is 14.0. The van der Waals surface area contributed by atoms with Gasteiger partial charge in [0, 0.05) is 23.7 Å². The number of hydrogen-bond donors (Lipinski definition) is 2. The van der Waals surface area contributed by atoms with Gasteiger partial charge in [0.25, 0.3) is 5.91 Å². The van der Waals surface area contributed by atoms with Crippen LogP contribution < -0.4 is 15.5 Å². The summed E-state index contributed by atoms with van der Waals surface area (Å²) in [6.07, 6.45) is 3.52. The molecule has 2 aromatic rings. The molecule has 0 bridgehead atoms. The number of piperidine rings is 1. The highest BCUT2D eigenvalue weighted by Crippen LogP contribution is 2.35. The van der Waals surface area contributed by atoms with Crippen molar-refractivity contribution in [1.82, 2.24) is 5.32 Å². The van der Waals surface area contributed by atoms with Crippen molar-refractivity contribution in [3.05, 3.63) is 58.1 Å². The molecule has 136 valence electrons. The highest BCUT2D eigenvalue weighted by molar-refractivity contribution is 7.80. The van der Waals surface area contributed by atoms with Gasteiger partial charge in [-0.2, -0.15) is 0 Å². The predicted octanol–water partition coefficient (Wildman–Crippen LogP) is 5.11. The topological polar surface area (TPSA) is 44.4 Å². The SMILES string of the molecule is O=C(NC(=S)Nc1cccc(Cl)c1N1CCCCC1)c1ccc(Cl)cc1. The second kappa shape index (κ2) is 8.71. The Kier molecular flexibility index (Phi) is 6.35. The predicted molar refractivity (Wildman–Crippen MR) is 113 cm³/mol. The van der Waals surface area contributed by atoms with Crippen LogP contribution in [0.25, 0.3) is 0 Å². The number of amides is 1. The lowest BCUT2D eigenvalue weighted by atomic mass is 10.1. The summed E-state index contributed by atoms with van der Waals surface area (Å²) in [7, 11) is 0. The van der Waals surface area contributed by atoms with Gasteiger partial charge in [0.2, 0.25) is 0 Å². The highest BCUT2D eigenvalue weighted by Gasteiger charge is 2.18. The number of hydrogen-bond acceptors (Lipinski definition) is 3. The minimum absolute atomic E-state index is 0.227. The monoisotopic (exact) mass is 407 g/mol. The number of carbonyl (C=O) groups excluding carboxylic acids is 1.